The first kappa shape index (κ1) is 42.2. The van der Waals surface area contributed by atoms with Gasteiger partial charge in [0.15, 0.2) is 0 Å². The summed E-state index contributed by atoms with van der Waals surface area (Å²) < 4.78 is 0. The van der Waals surface area contributed by atoms with E-state index in [4.69, 9.17) is 10.2 Å². The first-order valence-electron chi connectivity index (χ1n) is 14.5. The van der Waals surface area contributed by atoms with E-state index in [2.05, 4.69) is 174 Å². The Hall–Kier alpha value is -2.98. The van der Waals surface area contributed by atoms with Crippen molar-refractivity contribution in [3.63, 3.8) is 0 Å². The summed E-state index contributed by atoms with van der Waals surface area (Å²) in [6.07, 6.45) is 0.500. The van der Waals surface area contributed by atoms with Gasteiger partial charge in [-0.05, 0) is 47.6 Å². The van der Waals surface area contributed by atoms with Crippen molar-refractivity contribution in [1.82, 2.24) is 0 Å². The molecule has 0 heterocycles. The summed E-state index contributed by atoms with van der Waals surface area (Å²) >= 11 is 0. The number of isocyanates is 1. The number of carbonyl (C=O) groups excluding carboxylic acids is 1. The topological polar surface area (TPSA) is 81.7 Å². The van der Waals surface area contributed by atoms with Crippen LogP contribution in [0.15, 0.2) is 54.6 Å². The van der Waals surface area contributed by atoms with Crippen molar-refractivity contribution in [2.75, 3.05) is 0 Å². The van der Waals surface area contributed by atoms with Gasteiger partial charge in [-0.25, -0.2) is 0 Å². The first-order valence-corrected chi connectivity index (χ1v) is 14.5. The molecule has 0 spiro atoms. The molecule has 6 heteroatoms. The molecule has 0 atom stereocenters. The molecule has 5 nitrogen and oxygen atoms in total. The SMILES string of the molecule is Cc1cc(C)cc([N-]C(C)(C)C)c1.Cc1cc(C)cc([N-]C(C)(C)C)c1.Cc1cc(C)cc([N-]C(C)(C)C)c1.[N-]=C=O.[V+4]. The molecule has 0 saturated heterocycles. The molecule has 0 aliphatic carbocycles. The van der Waals surface area contributed by atoms with Gasteiger partial charge < -0.3 is 21.4 Å². The third-order valence-electron chi connectivity index (χ3n) is 5.01. The van der Waals surface area contributed by atoms with Crippen LogP contribution in [0.4, 0.5) is 17.1 Å². The van der Waals surface area contributed by atoms with Gasteiger partial charge in [0, 0.05) is 0 Å². The fourth-order valence-corrected chi connectivity index (χ4v) is 4.21. The molecule has 1 radical (unpaired) electrons. The second kappa shape index (κ2) is 18.6. The molecule has 43 heavy (non-hydrogen) atoms. The van der Waals surface area contributed by atoms with Crippen molar-refractivity contribution in [2.24, 2.45) is 0 Å². The third kappa shape index (κ3) is 23.2. The molecule has 0 amide bonds. The van der Waals surface area contributed by atoms with Crippen LogP contribution < -0.4 is 0 Å². The minimum Gasteiger partial charge on any atom is -0.724 e. The van der Waals surface area contributed by atoms with Crippen molar-refractivity contribution < 1.29 is 23.4 Å². The van der Waals surface area contributed by atoms with Crippen LogP contribution in [0.1, 0.15) is 95.7 Å². The van der Waals surface area contributed by atoms with E-state index in [9.17, 15) is 0 Å². The Morgan fingerprint density at radius 2 is 0.581 bits per heavy atom. The zero-order valence-electron chi connectivity index (χ0n) is 29.3. The summed E-state index contributed by atoms with van der Waals surface area (Å²) in [5.74, 6) is 0. The molecule has 233 valence electrons. The molecule has 0 bridgehead atoms. The molecular formula is C37H54N4OV. The molecule has 3 aromatic carbocycles. The minimum atomic E-state index is 0. The quantitative estimate of drug-likeness (QED) is 0.212. The summed E-state index contributed by atoms with van der Waals surface area (Å²) in [5, 5.41) is 20.6. The molecule has 0 saturated carbocycles. The summed E-state index contributed by atoms with van der Waals surface area (Å²) in [4.78, 5) is 8.24. The molecule has 0 fully saturated rings. The van der Waals surface area contributed by atoms with Crippen LogP contribution in [0.5, 0.6) is 0 Å². The second-order valence-corrected chi connectivity index (χ2v) is 14.0. The minimum absolute atomic E-state index is 0. The normalized spacial score (nSPS) is 10.6. The fraction of sp³-hybridized carbons (Fsp3) is 0.486. The number of benzene rings is 3. The van der Waals surface area contributed by atoms with Crippen molar-refractivity contribution in [3.05, 3.63) is 109 Å². The predicted molar refractivity (Wildman–Crippen MR) is 185 cm³/mol. The van der Waals surface area contributed by atoms with Crippen molar-refractivity contribution in [2.45, 2.75) is 120 Å². The molecule has 3 aromatic rings. The van der Waals surface area contributed by atoms with Crippen LogP contribution in [0, 0.1) is 41.5 Å². The van der Waals surface area contributed by atoms with Crippen LogP contribution in [-0.2, 0) is 23.4 Å². The van der Waals surface area contributed by atoms with Gasteiger partial charge in [-0.3, -0.25) is 4.79 Å². The van der Waals surface area contributed by atoms with Gasteiger partial charge in [0.05, 0.1) is 0 Å². The summed E-state index contributed by atoms with van der Waals surface area (Å²) in [6, 6.07) is 19.2. The Morgan fingerprint density at radius 1 is 0.442 bits per heavy atom. The largest absolute Gasteiger partial charge is 4.00 e. The monoisotopic (exact) mass is 621 g/mol. The van der Waals surface area contributed by atoms with E-state index < -0.39 is 0 Å². The van der Waals surface area contributed by atoms with E-state index in [1.165, 1.54) is 33.4 Å². The van der Waals surface area contributed by atoms with Crippen LogP contribution in [0.2, 0.25) is 0 Å². The molecule has 0 unspecified atom stereocenters. The van der Waals surface area contributed by atoms with Crippen LogP contribution in [-0.4, -0.2) is 22.7 Å². The van der Waals surface area contributed by atoms with Gasteiger partial charge in [0.1, 0.15) is 0 Å². The zero-order chi connectivity index (χ0) is 32.9. The number of hydrogen-bond donors (Lipinski definition) is 0. The van der Waals surface area contributed by atoms with Crippen LogP contribution >= 0.6 is 0 Å². The van der Waals surface area contributed by atoms with Gasteiger partial charge in [-0.15, -0.1) is 33.7 Å². The second-order valence-electron chi connectivity index (χ2n) is 14.0. The smallest absolute Gasteiger partial charge is 0.724 e. The number of rotatable bonds is 3. The molecule has 3 rings (SSSR count). The van der Waals surface area contributed by atoms with Crippen molar-refractivity contribution >= 4 is 23.1 Å². The Balaban J connectivity index is 0. The number of aryl methyl sites for hydroxylation is 6. The average molecular weight is 622 g/mol. The molecule has 0 aromatic heterocycles. The standard InChI is InChI=1S/3C12H18N.CNO.V/c3*1-9-6-10(2)8-11(7-9)13-12(3,4)5;2-1-3;/h3*6-8H,1-5H3;;/q4*-1;+4. The van der Waals surface area contributed by atoms with Gasteiger partial charge >= 0.3 is 18.6 Å². The number of nitrogens with zero attached hydrogens (tertiary/aromatic N) is 4. The Bertz CT molecular complexity index is 1080. The summed E-state index contributed by atoms with van der Waals surface area (Å²) in [7, 11) is 0. The van der Waals surface area contributed by atoms with Gasteiger partial charge in [0.2, 0.25) is 0 Å². The Morgan fingerprint density at radius 3 is 0.698 bits per heavy atom. The third-order valence-corrected chi connectivity index (χ3v) is 5.01. The zero-order valence-corrected chi connectivity index (χ0v) is 30.7. The molecule has 0 aliphatic heterocycles. The van der Waals surface area contributed by atoms with E-state index in [1.807, 2.05) is 0 Å². The van der Waals surface area contributed by atoms with Crippen molar-refractivity contribution in [1.29, 1.82) is 0 Å². The Labute approximate surface area is 275 Å². The van der Waals surface area contributed by atoms with Gasteiger partial charge in [-0.2, -0.15) is 0 Å². The average Bonchev–Trinajstić information content (AvgIpc) is 2.69. The van der Waals surface area contributed by atoms with Crippen molar-refractivity contribution in [3.8, 4) is 0 Å². The first-order chi connectivity index (χ1) is 19.0. The Kier molecular flexibility index (Phi) is 18.3. The maximum Gasteiger partial charge on any atom is 4.00 e. The van der Waals surface area contributed by atoms with E-state index in [-0.39, 0.29) is 35.2 Å². The van der Waals surface area contributed by atoms with E-state index in [1.54, 1.807) is 0 Å². The predicted octanol–water partition coefficient (Wildman–Crippen LogP) is 12.2. The maximum atomic E-state index is 8.24. The van der Waals surface area contributed by atoms with E-state index in [0.29, 0.717) is 6.08 Å². The van der Waals surface area contributed by atoms with Gasteiger partial charge in [-0.1, -0.05) is 150 Å². The van der Waals surface area contributed by atoms with E-state index >= 15 is 0 Å². The van der Waals surface area contributed by atoms with E-state index in [0.717, 1.165) is 17.1 Å². The summed E-state index contributed by atoms with van der Waals surface area (Å²) in [6.45, 7) is 31.7. The molecular weight excluding hydrogens is 567 g/mol. The summed E-state index contributed by atoms with van der Waals surface area (Å²) in [5.41, 5.74) is 11.0. The van der Waals surface area contributed by atoms with Crippen LogP contribution in [0.25, 0.3) is 21.4 Å². The fourth-order valence-electron chi connectivity index (χ4n) is 4.21. The maximum absolute atomic E-state index is 8.24. The van der Waals surface area contributed by atoms with Crippen LogP contribution in [0.3, 0.4) is 0 Å². The van der Waals surface area contributed by atoms with Gasteiger partial charge in [0.25, 0.3) is 0 Å². The molecule has 0 N–H and O–H groups in total. The molecule has 0 aliphatic rings. The number of hydrogen-bond acceptors (Lipinski definition) is 1.